The van der Waals surface area contributed by atoms with Gasteiger partial charge < -0.3 is 9.32 Å². The Hall–Kier alpha value is -2.94. The van der Waals surface area contributed by atoms with Crippen LogP contribution in [0.25, 0.3) is 11.1 Å². The van der Waals surface area contributed by atoms with E-state index >= 15 is 0 Å². The molecule has 3 aromatic rings. The third kappa shape index (κ3) is 2.06. The van der Waals surface area contributed by atoms with Gasteiger partial charge >= 0.3 is 0 Å². The van der Waals surface area contributed by atoms with E-state index in [0.29, 0.717) is 22.9 Å². The summed E-state index contributed by atoms with van der Waals surface area (Å²) >= 11 is 0. The monoisotopic (exact) mass is 265 g/mol. The Morgan fingerprint density at radius 3 is 2.90 bits per heavy atom. The minimum absolute atomic E-state index is 0.347. The van der Waals surface area contributed by atoms with E-state index in [1.165, 1.54) is 6.39 Å². The van der Waals surface area contributed by atoms with Crippen molar-refractivity contribution in [2.24, 2.45) is 0 Å². The predicted molar refractivity (Wildman–Crippen MR) is 73.6 cm³/mol. The summed E-state index contributed by atoms with van der Waals surface area (Å²) in [4.78, 5) is 14.3. The van der Waals surface area contributed by atoms with Gasteiger partial charge in [0.25, 0.3) is 0 Å². The average Bonchev–Trinajstić information content (AvgIpc) is 2.93. The Kier molecular flexibility index (Phi) is 2.80. The molecule has 20 heavy (non-hydrogen) atoms. The highest BCUT2D eigenvalue weighted by molar-refractivity contribution is 5.78. The van der Waals surface area contributed by atoms with Crippen LogP contribution in [-0.4, -0.2) is 22.0 Å². The molecule has 1 aromatic carbocycles. The molecule has 0 saturated heterocycles. The number of fused-ring (bicyclic) bond motifs is 1. The van der Waals surface area contributed by atoms with Crippen LogP contribution in [0.2, 0.25) is 0 Å². The molecule has 0 N–H and O–H groups in total. The van der Waals surface area contributed by atoms with Crippen LogP contribution in [0.3, 0.4) is 0 Å². The minimum atomic E-state index is 0.347. The van der Waals surface area contributed by atoms with Crippen molar-refractivity contribution < 1.29 is 4.42 Å². The summed E-state index contributed by atoms with van der Waals surface area (Å²) in [7, 11) is 1.88. The highest BCUT2D eigenvalue weighted by Crippen LogP contribution is 2.25. The van der Waals surface area contributed by atoms with Gasteiger partial charge in [-0.15, -0.1) is 0 Å². The van der Waals surface area contributed by atoms with E-state index in [9.17, 15) is 0 Å². The largest absolute Gasteiger partial charge is 0.443 e. The van der Waals surface area contributed by atoms with Gasteiger partial charge in [-0.25, -0.2) is 15.0 Å². The molecule has 0 bridgehead atoms. The second kappa shape index (κ2) is 4.63. The van der Waals surface area contributed by atoms with Crippen molar-refractivity contribution in [2.45, 2.75) is 6.92 Å². The fourth-order valence-corrected chi connectivity index (χ4v) is 1.97. The summed E-state index contributed by atoms with van der Waals surface area (Å²) in [6.07, 6.45) is 1.41. The molecule has 0 amide bonds. The van der Waals surface area contributed by atoms with Crippen LogP contribution in [0.15, 0.2) is 35.1 Å². The van der Waals surface area contributed by atoms with E-state index in [1.807, 2.05) is 36.2 Å². The van der Waals surface area contributed by atoms with Crippen LogP contribution in [0.5, 0.6) is 0 Å². The number of hydrogen-bond acceptors (Lipinski definition) is 6. The van der Waals surface area contributed by atoms with Crippen molar-refractivity contribution >= 4 is 22.6 Å². The lowest BCUT2D eigenvalue weighted by molar-refractivity contribution is 0.602. The van der Waals surface area contributed by atoms with Crippen LogP contribution >= 0.6 is 0 Å². The molecule has 0 atom stereocenters. The first-order valence-corrected chi connectivity index (χ1v) is 6.00. The molecule has 0 aliphatic rings. The lowest BCUT2D eigenvalue weighted by atomic mass is 10.2. The van der Waals surface area contributed by atoms with Crippen molar-refractivity contribution in [3.8, 4) is 6.07 Å². The second-order valence-corrected chi connectivity index (χ2v) is 4.33. The maximum absolute atomic E-state index is 8.97. The van der Waals surface area contributed by atoms with Gasteiger partial charge in [-0.05, 0) is 19.1 Å². The summed E-state index contributed by atoms with van der Waals surface area (Å²) in [5, 5.41) is 8.97. The number of nitrogens with zero attached hydrogens (tertiary/aromatic N) is 5. The number of aryl methyl sites for hydroxylation is 1. The molecular formula is C14H11N5O. The Balaban J connectivity index is 2.05. The number of anilines is 2. The van der Waals surface area contributed by atoms with Crippen LogP contribution in [0, 0.1) is 18.3 Å². The maximum atomic E-state index is 8.97. The molecule has 0 fully saturated rings. The van der Waals surface area contributed by atoms with Crippen LogP contribution < -0.4 is 4.90 Å². The Bertz CT molecular complexity index is 818. The van der Waals surface area contributed by atoms with Crippen molar-refractivity contribution in [2.75, 3.05) is 11.9 Å². The summed E-state index contributed by atoms with van der Waals surface area (Å²) in [5.74, 6) is 1.22. The van der Waals surface area contributed by atoms with E-state index in [4.69, 9.17) is 9.68 Å². The second-order valence-electron chi connectivity index (χ2n) is 4.33. The molecule has 2 aromatic heterocycles. The predicted octanol–water partition coefficient (Wildman–Crippen LogP) is 2.57. The fourth-order valence-electron chi connectivity index (χ4n) is 1.97. The summed E-state index contributed by atoms with van der Waals surface area (Å²) in [6, 6.07) is 9.37. The maximum Gasteiger partial charge on any atom is 0.181 e. The lowest BCUT2D eigenvalue weighted by Gasteiger charge is -2.18. The quantitative estimate of drug-likeness (QED) is 0.708. The molecule has 3 rings (SSSR count). The van der Waals surface area contributed by atoms with Gasteiger partial charge in [0.15, 0.2) is 12.0 Å². The number of nitriles is 1. The molecule has 6 nitrogen and oxygen atoms in total. The van der Waals surface area contributed by atoms with Crippen molar-refractivity contribution in [3.05, 3.63) is 42.2 Å². The van der Waals surface area contributed by atoms with E-state index in [1.54, 1.807) is 13.0 Å². The normalized spacial score (nSPS) is 10.4. The van der Waals surface area contributed by atoms with Gasteiger partial charge in [0.2, 0.25) is 0 Å². The molecule has 0 unspecified atom stereocenters. The van der Waals surface area contributed by atoms with E-state index in [2.05, 4.69) is 15.0 Å². The van der Waals surface area contributed by atoms with E-state index < -0.39 is 0 Å². The summed E-state index contributed by atoms with van der Waals surface area (Å²) in [6.45, 7) is 1.76. The van der Waals surface area contributed by atoms with Crippen molar-refractivity contribution in [3.63, 3.8) is 0 Å². The number of rotatable bonds is 2. The zero-order chi connectivity index (χ0) is 14.1. The first-order valence-electron chi connectivity index (χ1n) is 6.00. The van der Waals surface area contributed by atoms with Crippen molar-refractivity contribution in [1.82, 2.24) is 15.0 Å². The van der Waals surface area contributed by atoms with Gasteiger partial charge in [-0.1, -0.05) is 0 Å². The fraction of sp³-hybridized carbons (Fsp3) is 0.143. The Morgan fingerprint density at radius 2 is 2.10 bits per heavy atom. The average molecular weight is 265 g/mol. The highest BCUT2D eigenvalue weighted by Gasteiger charge is 2.10. The smallest absolute Gasteiger partial charge is 0.181 e. The molecule has 0 saturated carbocycles. The molecule has 0 radical (unpaired) electrons. The first kappa shape index (κ1) is 12.1. The SMILES string of the molecule is Cc1nc(C#N)cc(N(C)c2ccc3ncoc3c2)n1. The first-order chi connectivity index (χ1) is 9.67. The summed E-state index contributed by atoms with van der Waals surface area (Å²) < 4.78 is 5.29. The summed E-state index contributed by atoms with van der Waals surface area (Å²) in [5.41, 5.74) is 2.76. The zero-order valence-electron chi connectivity index (χ0n) is 11.0. The Morgan fingerprint density at radius 1 is 1.25 bits per heavy atom. The van der Waals surface area contributed by atoms with Crippen LogP contribution in [-0.2, 0) is 0 Å². The molecule has 98 valence electrons. The van der Waals surface area contributed by atoms with E-state index in [0.717, 1.165) is 11.2 Å². The number of hydrogen-bond donors (Lipinski definition) is 0. The number of aromatic nitrogens is 3. The van der Waals surface area contributed by atoms with Gasteiger partial charge in [0, 0.05) is 24.9 Å². The highest BCUT2D eigenvalue weighted by atomic mass is 16.3. The lowest BCUT2D eigenvalue weighted by Crippen LogP contribution is -2.12. The molecule has 2 heterocycles. The third-order valence-electron chi connectivity index (χ3n) is 2.98. The van der Waals surface area contributed by atoms with Gasteiger partial charge in [0.05, 0.1) is 0 Å². The number of oxazole rings is 1. The minimum Gasteiger partial charge on any atom is -0.443 e. The standard InChI is InChI=1S/C14H11N5O/c1-9-17-10(7-15)5-14(18-9)19(2)11-3-4-12-13(6-11)20-8-16-12/h3-6,8H,1-2H3. The van der Waals surface area contributed by atoms with E-state index in [-0.39, 0.29) is 0 Å². The molecule has 0 aliphatic carbocycles. The molecule has 0 spiro atoms. The molecular weight excluding hydrogens is 254 g/mol. The topological polar surface area (TPSA) is 78.8 Å². The van der Waals surface area contributed by atoms with Crippen LogP contribution in [0.4, 0.5) is 11.5 Å². The third-order valence-corrected chi connectivity index (χ3v) is 2.98. The van der Waals surface area contributed by atoms with Crippen LogP contribution in [0.1, 0.15) is 11.5 Å². The molecule has 6 heteroatoms. The Labute approximate surface area is 115 Å². The van der Waals surface area contributed by atoms with Gasteiger partial charge in [0.1, 0.15) is 28.9 Å². The molecule has 0 aliphatic heterocycles. The van der Waals surface area contributed by atoms with Crippen molar-refractivity contribution in [1.29, 1.82) is 5.26 Å². The zero-order valence-corrected chi connectivity index (χ0v) is 11.0. The van der Waals surface area contributed by atoms with Gasteiger partial charge in [-0.2, -0.15) is 5.26 Å². The van der Waals surface area contributed by atoms with Gasteiger partial charge in [-0.3, -0.25) is 0 Å². The number of benzene rings is 1.